The Morgan fingerprint density at radius 2 is 1.87 bits per heavy atom. The summed E-state index contributed by atoms with van der Waals surface area (Å²) in [5.41, 5.74) is 3.68. The molecule has 0 aliphatic carbocycles. The number of aromatic amines is 1. The van der Waals surface area contributed by atoms with Gasteiger partial charge in [0.1, 0.15) is 0 Å². The second-order valence-electron chi connectivity index (χ2n) is 8.92. The first kappa shape index (κ1) is 26.1. The Morgan fingerprint density at radius 1 is 1.10 bits per heavy atom. The van der Waals surface area contributed by atoms with E-state index in [4.69, 9.17) is 19.6 Å². The number of aromatic nitrogens is 1. The number of carboxylic acid groups (broad SMARTS) is 1. The van der Waals surface area contributed by atoms with Gasteiger partial charge in [-0.2, -0.15) is 0 Å². The van der Waals surface area contributed by atoms with Gasteiger partial charge in [0, 0.05) is 23.6 Å². The minimum absolute atomic E-state index is 0.131. The highest BCUT2D eigenvalue weighted by atomic mass is 32.2. The van der Waals surface area contributed by atoms with Gasteiger partial charge in [0.25, 0.3) is 5.91 Å². The topological polar surface area (TPSA) is 104 Å². The normalized spacial score (nSPS) is 16.3. The fraction of sp³-hybridized carbons (Fsp3) is 0.167. The number of H-pyrrole nitrogens is 1. The smallest absolute Gasteiger partial charge is 0.344 e. The quantitative estimate of drug-likeness (QED) is 0.257. The second-order valence-corrected chi connectivity index (χ2v) is 9.92. The third kappa shape index (κ3) is 5.83. The molecule has 2 N–H and O–H groups in total. The summed E-state index contributed by atoms with van der Waals surface area (Å²) in [5.74, 6) is -0.517. The van der Waals surface area contributed by atoms with Gasteiger partial charge in [-0.05, 0) is 72.6 Å². The molecule has 2 heterocycles. The predicted molar refractivity (Wildman–Crippen MR) is 154 cm³/mol. The van der Waals surface area contributed by atoms with Crippen LogP contribution in [0.15, 0.2) is 88.9 Å². The molecule has 5 rings (SSSR count). The lowest BCUT2D eigenvalue weighted by molar-refractivity contribution is -0.144. The number of methoxy groups -OCH3 is 1. The highest BCUT2D eigenvalue weighted by Gasteiger charge is 2.33. The van der Waals surface area contributed by atoms with E-state index in [1.54, 1.807) is 29.2 Å². The number of amides is 1. The van der Waals surface area contributed by atoms with Crippen molar-refractivity contribution in [2.75, 3.05) is 13.7 Å². The molecule has 1 atom stereocenters. The SMILES string of the molecule is COc1cc(/C=C2/SC(=Nc3ccccc3)N(CCc3c[nH]c4ccccc34)C2=O)ccc1O[C@@H](C)C(=O)O. The lowest BCUT2D eigenvalue weighted by atomic mass is 10.1. The minimum atomic E-state index is -1.07. The number of nitrogens with zero attached hydrogens (tertiary/aromatic N) is 2. The molecule has 1 aromatic heterocycles. The number of thioether (sulfide) groups is 1. The van der Waals surface area contributed by atoms with Crippen molar-refractivity contribution in [3.05, 3.63) is 95.0 Å². The van der Waals surface area contributed by atoms with Gasteiger partial charge < -0.3 is 19.6 Å². The number of aliphatic imine (C=N–C) groups is 1. The summed E-state index contributed by atoms with van der Waals surface area (Å²) in [6.07, 6.45) is 3.41. The van der Waals surface area contributed by atoms with E-state index in [-0.39, 0.29) is 5.91 Å². The van der Waals surface area contributed by atoms with Crippen LogP contribution >= 0.6 is 11.8 Å². The summed E-state index contributed by atoms with van der Waals surface area (Å²) < 4.78 is 10.9. The fourth-order valence-corrected chi connectivity index (χ4v) is 5.26. The van der Waals surface area contributed by atoms with Crippen molar-refractivity contribution in [2.24, 2.45) is 4.99 Å². The molecule has 0 unspecified atom stereocenters. The summed E-state index contributed by atoms with van der Waals surface area (Å²) in [6.45, 7) is 1.92. The third-order valence-electron chi connectivity index (χ3n) is 6.29. The van der Waals surface area contributed by atoms with Crippen molar-refractivity contribution in [3.8, 4) is 11.5 Å². The van der Waals surface area contributed by atoms with E-state index in [1.165, 1.54) is 25.8 Å². The molecule has 1 aliphatic heterocycles. The van der Waals surface area contributed by atoms with Gasteiger partial charge in [-0.1, -0.05) is 42.5 Å². The molecule has 9 heteroatoms. The Morgan fingerprint density at radius 3 is 2.64 bits per heavy atom. The Balaban J connectivity index is 1.43. The average Bonchev–Trinajstić information content (AvgIpc) is 3.48. The molecule has 1 saturated heterocycles. The van der Waals surface area contributed by atoms with Crippen molar-refractivity contribution < 1.29 is 24.2 Å². The molecule has 4 aromatic rings. The Hall–Kier alpha value is -4.50. The zero-order chi connectivity index (χ0) is 27.4. The Kier molecular flexibility index (Phi) is 7.69. The number of para-hydroxylation sites is 2. The van der Waals surface area contributed by atoms with Gasteiger partial charge in [0.05, 0.1) is 17.7 Å². The number of rotatable bonds is 9. The van der Waals surface area contributed by atoms with Crippen LogP contribution in [0.4, 0.5) is 5.69 Å². The molecular formula is C30H27N3O5S. The molecule has 1 fully saturated rings. The summed E-state index contributed by atoms with van der Waals surface area (Å²) in [5, 5.41) is 10.9. The van der Waals surface area contributed by atoms with E-state index < -0.39 is 12.1 Å². The molecule has 1 amide bonds. The Bertz CT molecular complexity index is 1580. The highest BCUT2D eigenvalue weighted by molar-refractivity contribution is 8.18. The lowest BCUT2D eigenvalue weighted by Crippen LogP contribution is -2.31. The minimum Gasteiger partial charge on any atom is -0.493 e. The van der Waals surface area contributed by atoms with Crippen LogP contribution in [0.2, 0.25) is 0 Å². The highest BCUT2D eigenvalue weighted by Crippen LogP contribution is 2.36. The zero-order valence-electron chi connectivity index (χ0n) is 21.5. The molecular weight excluding hydrogens is 514 g/mol. The Labute approximate surface area is 230 Å². The largest absolute Gasteiger partial charge is 0.493 e. The van der Waals surface area contributed by atoms with Crippen molar-refractivity contribution in [1.82, 2.24) is 9.88 Å². The van der Waals surface area contributed by atoms with E-state index >= 15 is 0 Å². The number of carbonyl (C=O) groups excluding carboxylic acids is 1. The number of benzene rings is 3. The summed E-state index contributed by atoms with van der Waals surface area (Å²) in [4.78, 5) is 35.1. The number of fused-ring (bicyclic) bond motifs is 1. The first-order valence-corrected chi connectivity index (χ1v) is 13.2. The number of hydrogen-bond donors (Lipinski definition) is 2. The molecule has 39 heavy (non-hydrogen) atoms. The van der Waals surface area contributed by atoms with Gasteiger partial charge >= 0.3 is 5.97 Å². The maximum Gasteiger partial charge on any atom is 0.344 e. The van der Waals surface area contributed by atoms with E-state index in [1.807, 2.05) is 54.7 Å². The van der Waals surface area contributed by atoms with Gasteiger partial charge in [-0.3, -0.25) is 9.69 Å². The maximum absolute atomic E-state index is 13.6. The number of ether oxygens (including phenoxy) is 2. The first-order chi connectivity index (χ1) is 18.9. The number of nitrogens with one attached hydrogen (secondary N) is 1. The van der Waals surface area contributed by atoms with Crippen LogP contribution < -0.4 is 9.47 Å². The number of carboxylic acids is 1. The van der Waals surface area contributed by atoms with Crippen molar-refractivity contribution >= 4 is 51.5 Å². The van der Waals surface area contributed by atoms with Crippen LogP contribution in [0.1, 0.15) is 18.1 Å². The number of hydrogen-bond acceptors (Lipinski definition) is 6. The summed E-state index contributed by atoms with van der Waals surface area (Å²) in [7, 11) is 1.48. The van der Waals surface area contributed by atoms with Gasteiger partial charge in [-0.15, -0.1) is 0 Å². The van der Waals surface area contributed by atoms with Crippen molar-refractivity contribution in [1.29, 1.82) is 0 Å². The van der Waals surface area contributed by atoms with E-state index in [0.29, 0.717) is 34.5 Å². The third-order valence-corrected chi connectivity index (χ3v) is 7.29. The predicted octanol–water partition coefficient (Wildman–Crippen LogP) is 5.88. The standard InChI is InChI=1S/C30H27N3O5S/c1-19(29(35)36)38-25-13-12-20(16-26(25)37-2)17-27-28(34)33(30(39-27)32-22-8-4-3-5-9-22)15-14-21-18-31-24-11-7-6-10-23(21)24/h3-13,16-19,31H,14-15H2,1-2H3,(H,35,36)/b27-17+,32-30?/t19-/m0/s1. The molecule has 0 saturated carbocycles. The zero-order valence-corrected chi connectivity index (χ0v) is 22.3. The summed E-state index contributed by atoms with van der Waals surface area (Å²) in [6, 6.07) is 22.8. The van der Waals surface area contributed by atoms with Crippen LogP contribution in [-0.4, -0.2) is 51.8 Å². The molecule has 0 spiro atoms. The molecule has 8 nitrogen and oxygen atoms in total. The van der Waals surface area contributed by atoms with E-state index in [0.717, 1.165) is 27.7 Å². The lowest BCUT2D eigenvalue weighted by Gasteiger charge is -2.15. The maximum atomic E-state index is 13.6. The number of carbonyl (C=O) groups is 2. The number of aliphatic carboxylic acids is 1. The molecule has 0 bridgehead atoms. The molecule has 0 radical (unpaired) electrons. The first-order valence-electron chi connectivity index (χ1n) is 12.4. The van der Waals surface area contributed by atoms with Gasteiger partial charge in [0.15, 0.2) is 22.8 Å². The second kappa shape index (κ2) is 11.5. The van der Waals surface area contributed by atoms with Crippen LogP contribution in [0, 0.1) is 0 Å². The van der Waals surface area contributed by atoms with Gasteiger partial charge in [0.2, 0.25) is 0 Å². The van der Waals surface area contributed by atoms with E-state index in [2.05, 4.69) is 11.1 Å². The van der Waals surface area contributed by atoms with Crippen molar-refractivity contribution in [3.63, 3.8) is 0 Å². The molecule has 1 aliphatic rings. The monoisotopic (exact) mass is 541 g/mol. The van der Waals surface area contributed by atoms with Crippen LogP contribution in [0.3, 0.4) is 0 Å². The van der Waals surface area contributed by atoms with Crippen LogP contribution in [-0.2, 0) is 16.0 Å². The van der Waals surface area contributed by atoms with Crippen LogP contribution in [0.25, 0.3) is 17.0 Å². The van der Waals surface area contributed by atoms with Crippen molar-refractivity contribution in [2.45, 2.75) is 19.4 Å². The molecule has 3 aromatic carbocycles. The summed E-state index contributed by atoms with van der Waals surface area (Å²) >= 11 is 1.32. The van der Waals surface area contributed by atoms with E-state index in [9.17, 15) is 9.59 Å². The molecule has 198 valence electrons. The number of amidine groups is 1. The average molecular weight is 542 g/mol. The fourth-order valence-electron chi connectivity index (χ4n) is 4.24. The van der Waals surface area contributed by atoms with Crippen LogP contribution in [0.5, 0.6) is 11.5 Å². The van der Waals surface area contributed by atoms with Gasteiger partial charge in [-0.25, -0.2) is 9.79 Å².